The molecule has 4 N–H and O–H groups in total. The van der Waals surface area contributed by atoms with Crippen LogP contribution in [0.3, 0.4) is 0 Å². The van der Waals surface area contributed by atoms with Crippen LogP contribution >= 0.6 is 0 Å². The molecule has 0 amide bonds. The smallest absolute Gasteiger partial charge is 0.220 e. The second-order valence-corrected chi connectivity index (χ2v) is 2.69. The molecular formula is C6H13N5. The van der Waals surface area contributed by atoms with Gasteiger partial charge in [0.25, 0.3) is 0 Å². The Morgan fingerprint density at radius 2 is 2.09 bits per heavy atom. The summed E-state index contributed by atoms with van der Waals surface area (Å²) in [4.78, 5) is 9.64. The third kappa shape index (κ3) is 1.60. The molecular weight excluding hydrogens is 142 g/mol. The Bertz CT molecular complexity index is 205. The van der Waals surface area contributed by atoms with Crippen LogP contribution in [0.2, 0.25) is 0 Å². The largest absolute Gasteiger partial charge is 0.369 e. The molecule has 5 nitrogen and oxygen atoms in total. The summed E-state index contributed by atoms with van der Waals surface area (Å²) >= 11 is 0. The lowest BCUT2D eigenvalue weighted by Gasteiger charge is -2.27. The minimum Gasteiger partial charge on any atom is -0.369 e. The molecule has 1 aliphatic heterocycles. The normalized spacial score (nSPS) is 18.3. The number of nitrogens with zero attached hydrogens (tertiary/aromatic N) is 3. The van der Waals surface area contributed by atoms with Crippen LogP contribution in [0.1, 0.15) is 13.8 Å². The van der Waals surface area contributed by atoms with Crippen molar-refractivity contribution in [3.05, 3.63) is 0 Å². The summed E-state index contributed by atoms with van der Waals surface area (Å²) in [5, 5.41) is 0. The fourth-order valence-electron chi connectivity index (χ4n) is 0.866. The van der Waals surface area contributed by atoms with Crippen molar-refractivity contribution in [2.24, 2.45) is 21.5 Å². The summed E-state index contributed by atoms with van der Waals surface area (Å²) in [5.41, 5.74) is 10.9. The van der Waals surface area contributed by atoms with Crippen LogP contribution in [0.25, 0.3) is 0 Å². The van der Waals surface area contributed by atoms with E-state index in [-0.39, 0.29) is 5.96 Å². The van der Waals surface area contributed by atoms with Gasteiger partial charge in [-0.15, -0.1) is 0 Å². The maximum absolute atomic E-state index is 5.59. The molecule has 1 rings (SSSR count). The Morgan fingerprint density at radius 3 is 2.55 bits per heavy atom. The summed E-state index contributed by atoms with van der Waals surface area (Å²) in [6, 6.07) is 0.315. The molecule has 62 valence electrons. The van der Waals surface area contributed by atoms with E-state index in [1.165, 1.54) is 0 Å². The van der Waals surface area contributed by atoms with Crippen molar-refractivity contribution in [2.75, 3.05) is 6.67 Å². The van der Waals surface area contributed by atoms with Crippen molar-refractivity contribution >= 4 is 11.9 Å². The van der Waals surface area contributed by atoms with E-state index in [4.69, 9.17) is 11.5 Å². The Balaban J connectivity index is 2.72. The lowest BCUT2D eigenvalue weighted by Crippen LogP contribution is -2.45. The minimum absolute atomic E-state index is 0.263. The zero-order valence-corrected chi connectivity index (χ0v) is 6.78. The molecule has 0 aromatic rings. The van der Waals surface area contributed by atoms with Gasteiger partial charge in [-0.05, 0) is 13.8 Å². The highest BCUT2D eigenvalue weighted by Gasteiger charge is 2.14. The summed E-state index contributed by atoms with van der Waals surface area (Å²) in [7, 11) is 0. The van der Waals surface area contributed by atoms with Crippen molar-refractivity contribution in [1.29, 1.82) is 0 Å². The molecule has 0 bridgehead atoms. The highest BCUT2D eigenvalue weighted by atomic mass is 15.4. The van der Waals surface area contributed by atoms with Crippen LogP contribution in [0.5, 0.6) is 0 Å². The Hall–Kier alpha value is -1.26. The van der Waals surface area contributed by atoms with Gasteiger partial charge < -0.3 is 16.4 Å². The zero-order valence-electron chi connectivity index (χ0n) is 6.78. The van der Waals surface area contributed by atoms with E-state index in [0.29, 0.717) is 18.7 Å². The fraction of sp³-hybridized carbons (Fsp3) is 0.667. The number of guanidine groups is 2. The average molecular weight is 155 g/mol. The topological polar surface area (TPSA) is 80.0 Å². The second-order valence-electron chi connectivity index (χ2n) is 2.69. The van der Waals surface area contributed by atoms with Gasteiger partial charge in [-0.2, -0.15) is 4.99 Å². The first-order chi connectivity index (χ1) is 5.11. The summed E-state index contributed by atoms with van der Waals surface area (Å²) in [6.45, 7) is 4.57. The molecule has 0 aliphatic carbocycles. The van der Waals surface area contributed by atoms with E-state index in [9.17, 15) is 0 Å². The molecule has 0 atom stereocenters. The Morgan fingerprint density at radius 1 is 1.45 bits per heavy atom. The van der Waals surface area contributed by atoms with Gasteiger partial charge in [0, 0.05) is 6.04 Å². The number of hydrogen-bond donors (Lipinski definition) is 2. The van der Waals surface area contributed by atoms with Gasteiger partial charge in [0.2, 0.25) is 11.9 Å². The average Bonchev–Trinajstić information content (AvgIpc) is 1.85. The van der Waals surface area contributed by atoms with Gasteiger partial charge in [-0.1, -0.05) is 0 Å². The van der Waals surface area contributed by atoms with Gasteiger partial charge in [-0.25, -0.2) is 4.99 Å². The van der Waals surface area contributed by atoms with E-state index < -0.39 is 0 Å². The first kappa shape index (κ1) is 7.84. The van der Waals surface area contributed by atoms with E-state index in [1.807, 2.05) is 18.7 Å². The van der Waals surface area contributed by atoms with Crippen molar-refractivity contribution in [1.82, 2.24) is 4.90 Å². The second kappa shape index (κ2) is 2.77. The first-order valence-electron chi connectivity index (χ1n) is 3.52. The SMILES string of the molecule is CC(C)N1CN=C(N)N=C1N. The summed E-state index contributed by atoms with van der Waals surface area (Å²) in [5.74, 6) is 0.715. The van der Waals surface area contributed by atoms with Crippen LogP contribution in [0, 0.1) is 0 Å². The molecule has 1 heterocycles. The molecule has 0 radical (unpaired) electrons. The highest BCUT2D eigenvalue weighted by molar-refractivity contribution is 5.94. The summed E-state index contributed by atoms with van der Waals surface area (Å²) < 4.78 is 0. The quantitative estimate of drug-likeness (QED) is 0.525. The van der Waals surface area contributed by atoms with Crippen LogP contribution < -0.4 is 11.5 Å². The maximum Gasteiger partial charge on any atom is 0.220 e. The highest BCUT2D eigenvalue weighted by Crippen LogP contribution is 2.01. The molecule has 0 unspecified atom stereocenters. The molecule has 0 saturated carbocycles. The first-order valence-corrected chi connectivity index (χ1v) is 3.52. The van der Waals surface area contributed by atoms with E-state index >= 15 is 0 Å². The molecule has 5 heteroatoms. The predicted molar refractivity (Wildman–Crippen MR) is 45.1 cm³/mol. The monoisotopic (exact) mass is 155 g/mol. The van der Waals surface area contributed by atoms with Crippen molar-refractivity contribution in [2.45, 2.75) is 19.9 Å². The van der Waals surface area contributed by atoms with E-state index in [0.717, 1.165) is 0 Å². The van der Waals surface area contributed by atoms with Crippen LogP contribution in [-0.2, 0) is 0 Å². The van der Waals surface area contributed by atoms with Gasteiger partial charge in [0.1, 0.15) is 6.67 Å². The van der Waals surface area contributed by atoms with Crippen molar-refractivity contribution in [3.8, 4) is 0 Å². The molecule has 11 heavy (non-hydrogen) atoms. The molecule has 0 aromatic carbocycles. The van der Waals surface area contributed by atoms with Gasteiger partial charge in [0.15, 0.2) is 0 Å². The van der Waals surface area contributed by atoms with Gasteiger partial charge in [0.05, 0.1) is 0 Å². The van der Waals surface area contributed by atoms with Crippen molar-refractivity contribution in [3.63, 3.8) is 0 Å². The predicted octanol–water partition coefficient (Wildman–Crippen LogP) is -0.703. The number of rotatable bonds is 1. The molecule has 0 saturated heterocycles. The standard InChI is InChI=1S/C6H13N5/c1-4(2)11-3-9-5(7)10-6(11)8/h4H,3H2,1-2H3,(H4,7,8,9,10). The van der Waals surface area contributed by atoms with Crippen LogP contribution in [0.4, 0.5) is 0 Å². The molecule has 0 fully saturated rings. The van der Waals surface area contributed by atoms with Gasteiger partial charge >= 0.3 is 0 Å². The maximum atomic E-state index is 5.59. The third-order valence-electron chi connectivity index (χ3n) is 1.53. The van der Waals surface area contributed by atoms with Crippen molar-refractivity contribution < 1.29 is 0 Å². The zero-order chi connectivity index (χ0) is 8.43. The molecule has 0 spiro atoms. The van der Waals surface area contributed by atoms with Crippen LogP contribution in [-0.4, -0.2) is 29.5 Å². The number of nitrogens with two attached hydrogens (primary N) is 2. The number of hydrogen-bond acceptors (Lipinski definition) is 5. The Labute approximate surface area is 65.8 Å². The molecule has 1 aliphatic rings. The lowest BCUT2D eigenvalue weighted by molar-refractivity contribution is 0.352. The number of aliphatic imine (C=N–C) groups is 2. The molecule has 0 aromatic heterocycles. The van der Waals surface area contributed by atoms with E-state index in [2.05, 4.69) is 9.98 Å². The van der Waals surface area contributed by atoms with Crippen LogP contribution in [0.15, 0.2) is 9.98 Å². The third-order valence-corrected chi connectivity index (χ3v) is 1.53. The minimum atomic E-state index is 0.263. The fourth-order valence-corrected chi connectivity index (χ4v) is 0.866. The lowest BCUT2D eigenvalue weighted by atomic mass is 10.3. The summed E-state index contributed by atoms with van der Waals surface area (Å²) in [6.07, 6.45) is 0. The van der Waals surface area contributed by atoms with E-state index in [1.54, 1.807) is 0 Å². The Kier molecular flexibility index (Phi) is 1.98. The van der Waals surface area contributed by atoms with Gasteiger partial charge in [-0.3, -0.25) is 0 Å².